The van der Waals surface area contributed by atoms with E-state index in [0.29, 0.717) is 23.7 Å². The molecule has 0 bridgehead atoms. The molecule has 1 unspecified atom stereocenters. The number of carbonyl (C=O) groups is 4. The van der Waals surface area contributed by atoms with Crippen molar-refractivity contribution in [1.82, 2.24) is 4.90 Å². The number of esters is 1. The summed E-state index contributed by atoms with van der Waals surface area (Å²) in [6, 6.07) is 5.07. The number of rotatable bonds is 10. The summed E-state index contributed by atoms with van der Waals surface area (Å²) in [5, 5.41) is 0. The Kier molecular flexibility index (Phi) is 8.96. The topological polar surface area (TPSA) is 99.2 Å². The van der Waals surface area contributed by atoms with Gasteiger partial charge in [0.05, 0.1) is 6.61 Å². The second-order valence-corrected chi connectivity index (χ2v) is 8.16. The molecule has 1 amide bonds. The first-order chi connectivity index (χ1) is 15.5. The zero-order valence-electron chi connectivity index (χ0n) is 19.9. The minimum Gasteiger partial charge on any atom is -0.490 e. The van der Waals surface area contributed by atoms with E-state index in [1.165, 1.54) is 13.0 Å². The first kappa shape index (κ1) is 25.8. The lowest BCUT2D eigenvalue weighted by Crippen LogP contribution is -2.44. The Morgan fingerprint density at radius 1 is 1.09 bits per heavy atom. The minimum atomic E-state index is -1.49. The number of ketones is 2. The lowest BCUT2D eigenvalue weighted by atomic mass is 9.96. The summed E-state index contributed by atoms with van der Waals surface area (Å²) in [5.41, 5.74) is 0.597. The van der Waals surface area contributed by atoms with Crippen LogP contribution in [0, 0.1) is 5.92 Å². The van der Waals surface area contributed by atoms with Gasteiger partial charge in [0.25, 0.3) is 5.91 Å². The maximum Gasteiger partial charge on any atom is 0.329 e. The molecular weight excluding hydrogens is 426 g/mol. The van der Waals surface area contributed by atoms with Crippen molar-refractivity contribution in [1.29, 1.82) is 0 Å². The number of carbonyl (C=O) groups excluding carboxylic acids is 4. The van der Waals surface area contributed by atoms with Gasteiger partial charge in [-0.25, -0.2) is 0 Å². The van der Waals surface area contributed by atoms with Gasteiger partial charge >= 0.3 is 5.97 Å². The largest absolute Gasteiger partial charge is 0.490 e. The quantitative estimate of drug-likeness (QED) is 0.302. The van der Waals surface area contributed by atoms with E-state index in [1.54, 1.807) is 23.1 Å². The van der Waals surface area contributed by atoms with Gasteiger partial charge in [-0.1, -0.05) is 12.1 Å². The molecule has 0 aromatic heterocycles. The van der Waals surface area contributed by atoms with Crippen LogP contribution >= 0.6 is 0 Å². The van der Waals surface area contributed by atoms with Gasteiger partial charge in [-0.05, 0) is 65.3 Å². The molecule has 2 rings (SSSR count). The van der Waals surface area contributed by atoms with Gasteiger partial charge in [-0.15, -0.1) is 0 Å². The summed E-state index contributed by atoms with van der Waals surface area (Å²) in [7, 11) is 0. The predicted octanol–water partition coefficient (Wildman–Crippen LogP) is 3.34. The number of amides is 1. The van der Waals surface area contributed by atoms with E-state index in [1.807, 2.05) is 34.6 Å². The van der Waals surface area contributed by atoms with Crippen molar-refractivity contribution < 1.29 is 33.4 Å². The molecule has 0 saturated carbocycles. The molecule has 1 atom stereocenters. The van der Waals surface area contributed by atoms with Gasteiger partial charge in [-0.3, -0.25) is 19.2 Å². The zero-order chi connectivity index (χ0) is 24.7. The van der Waals surface area contributed by atoms with Crippen molar-refractivity contribution >= 4 is 29.5 Å². The molecule has 0 aliphatic carbocycles. The molecule has 0 N–H and O–H groups in total. The highest BCUT2D eigenvalue weighted by Crippen LogP contribution is 2.29. The van der Waals surface area contributed by atoms with E-state index >= 15 is 0 Å². The van der Waals surface area contributed by atoms with Crippen LogP contribution in [0.4, 0.5) is 0 Å². The van der Waals surface area contributed by atoms with Gasteiger partial charge in [0.15, 0.2) is 35.6 Å². The van der Waals surface area contributed by atoms with Crippen LogP contribution in [0.3, 0.4) is 0 Å². The SMILES string of the molecule is CCOc1cc(/C=C/C(=O)C2C(=O)C=C(C)OC2=O)ccc1OCC(=O)N(C(C)C)C(C)C. The second kappa shape index (κ2) is 11.4. The summed E-state index contributed by atoms with van der Waals surface area (Å²) in [6.45, 7) is 11.3. The number of ether oxygens (including phenoxy) is 3. The fraction of sp³-hybridized carbons (Fsp3) is 0.440. The molecule has 0 spiro atoms. The van der Waals surface area contributed by atoms with E-state index in [-0.39, 0.29) is 30.4 Å². The third-order valence-electron chi connectivity index (χ3n) is 4.87. The molecule has 0 fully saturated rings. The van der Waals surface area contributed by atoms with Gasteiger partial charge < -0.3 is 19.1 Å². The summed E-state index contributed by atoms with van der Waals surface area (Å²) in [6.07, 6.45) is 3.78. The van der Waals surface area contributed by atoms with Gasteiger partial charge in [0, 0.05) is 18.2 Å². The average molecular weight is 458 g/mol. The maximum atomic E-state index is 12.6. The molecule has 8 nitrogen and oxygen atoms in total. The second-order valence-electron chi connectivity index (χ2n) is 8.16. The molecule has 0 radical (unpaired) electrons. The van der Waals surface area contributed by atoms with Crippen LogP contribution < -0.4 is 9.47 Å². The van der Waals surface area contributed by atoms with Crippen LogP contribution in [0.15, 0.2) is 36.1 Å². The molecule has 1 aliphatic rings. The number of hydrogen-bond acceptors (Lipinski definition) is 7. The Labute approximate surface area is 194 Å². The molecule has 33 heavy (non-hydrogen) atoms. The summed E-state index contributed by atoms with van der Waals surface area (Å²) in [4.78, 5) is 50.6. The number of nitrogens with zero attached hydrogens (tertiary/aromatic N) is 1. The molecule has 8 heteroatoms. The van der Waals surface area contributed by atoms with Crippen molar-refractivity contribution in [2.24, 2.45) is 5.92 Å². The first-order valence-corrected chi connectivity index (χ1v) is 10.9. The smallest absolute Gasteiger partial charge is 0.329 e. The van der Waals surface area contributed by atoms with E-state index < -0.39 is 23.5 Å². The van der Waals surface area contributed by atoms with Crippen molar-refractivity contribution in [3.8, 4) is 11.5 Å². The standard InChI is InChI=1S/C25H31NO7/c1-7-31-22-13-18(8-10-19(27)24-20(28)12-17(6)33-25(24)30)9-11-21(22)32-14-23(29)26(15(2)3)16(4)5/h8-13,15-16,24H,7,14H2,1-6H3/b10-8+. The fourth-order valence-corrected chi connectivity index (χ4v) is 3.58. The zero-order valence-corrected chi connectivity index (χ0v) is 19.9. The van der Waals surface area contributed by atoms with Gasteiger partial charge in [0.2, 0.25) is 0 Å². The molecular formula is C25H31NO7. The van der Waals surface area contributed by atoms with E-state index in [2.05, 4.69) is 0 Å². The molecule has 0 saturated heterocycles. The van der Waals surface area contributed by atoms with Crippen LogP contribution in [-0.4, -0.2) is 53.6 Å². The van der Waals surface area contributed by atoms with Crippen LogP contribution in [0.5, 0.6) is 11.5 Å². The van der Waals surface area contributed by atoms with E-state index in [4.69, 9.17) is 14.2 Å². The lowest BCUT2D eigenvalue weighted by molar-refractivity contribution is -0.151. The highest BCUT2D eigenvalue weighted by Gasteiger charge is 2.36. The molecule has 1 aromatic carbocycles. The monoisotopic (exact) mass is 457 g/mol. The predicted molar refractivity (Wildman–Crippen MR) is 123 cm³/mol. The third-order valence-corrected chi connectivity index (χ3v) is 4.87. The normalized spacial score (nSPS) is 16.1. The minimum absolute atomic E-state index is 0.0465. The Balaban J connectivity index is 2.14. The van der Waals surface area contributed by atoms with Crippen LogP contribution in [0.25, 0.3) is 6.08 Å². The van der Waals surface area contributed by atoms with Gasteiger partial charge in [-0.2, -0.15) is 0 Å². The lowest BCUT2D eigenvalue weighted by Gasteiger charge is -2.30. The Morgan fingerprint density at radius 3 is 2.33 bits per heavy atom. The Hall–Kier alpha value is -3.42. The molecule has 1 aliphatic heterocycles. The highest BCUT2D eigenvalue weighted by atomic mass is 16.5. The fourth-order valence-electron chi connectivity index (χ4n) is 3.58. The number of cyclic esters (lactones) is 1. The number of hydrogen-bond donors (Lipinski definition) is 0. The molecule has 1 aromatic rings. The van der Waals surface area contributed by atoms with Crippen LogP contribution in [0.1, 0.15) is 47.1 Å². The summed E-state index contributed by atoms with van der Waals surface area (Å²) in [5.74, 6) is -2.80. The van der Waals surface area contributed by atoms with Gasteiger partial charge in [0.1, 0.15) is 5.76 Å². The Morgan fingerprint density at radius 2 is 1.76 bits per heavy atom. The molecule has 178 valence electrons. The van der Waals surface area contributed by atoms with Crippen molar-refractivity contribution in [2.75, 3.05) is 13.2 Å². The van der Waals surface area contributed by atoms with Crippen molar-refractivity contribution in [3.63, 3.8) is 0 Å². The Bertz CT molecular complexity index is 967. The summed E-state index contributed by atoms with van der Waals surface area (Å²) >= 11 is 0. The maximum absolute atomic E-state index is 12.6. The number of allylic oxidation sites excluding steroid dienone is 3. The van der Waals surface area contributed by atoms with Crippen LogP contribution in [-0.2, 0) is 23.9 Å². The van der Waals surface area contributed by atoms with Crippen molar-refractivity contribution in [3.05, 3.63) is 41.7 Å². The van der Waals surface area contributed by atoms with Crippen molar-refractivity contribution in [2.45, 2.75) is 53.6 Å². The average Bonchev–Trinajstić information content (AvgIpc) is 2.70. The van der Waals surface area contributed by atoms with Crippen LogP contribution in [0.2, 0.25) is 0 Å². The first-order valence-electron chi connectivity index (χ1n) is 10.9. The highest BCUT2D eigenvalue weighted by molar-refractivity contribution is 6.25. The molecule has 1 heterocycles. The summed E-state index contributed by atoms with van der Waals surface area (Å²) < 4.78 is 16.2. The number of benzene rings is 1. The van der Waals surface area contributed by atoms with E-state index in [9.17, 15) is 19.2 Å². The third kappa shape index (κ3) is 6.78. The van der Waals surface area contributed by atoms with E-state index in [0.717, 1.165) is 12.2 Å².